The number of ketones is 3. The minimum atomic E-state index is -1.67. The molecule has 0 aromatic heterocycles. The lowest BCUT2D eigenvalue weighted by Gasteiger charge is -2.29. The Hall–Kier alpha value is -5.07. The van der Waals surface area contributed by atoms with Crippen LogP contribution in [0.3, 0.4) is 0 Å². The Morgan fingerprint density at radius 1 is 0.815 bits per heavy atom. The monoisotopic (exact) mass is 914 g/mol. The van der Waals surface area contributed by atoms with E-state index in [9.17, 15) is 48.3 Å². The molecule has 9 atom stereocenters. The Kier molecular flexibility index (Phi) is 24.2. The number of cyclic esters (lactones) is 1. The first-order valence-corrected chi connectivity index (χ1v) is 22.9. The molecule has 5 amide bonds. The highest BCUT2D eigenvalue weighted by Gasteiger charge is 2.41. The molecule has 2 rings (SSSR count). The molecule has 0 saturated carbocycles. The smallest absolute Gasteiger partial charge is 0.328 e. The van der Waals surface area contributed by atoms with Crippen molar-refractivity contribution < 1.29 is 53.0 Å². The number of primary amides is 1. The number of carbonyl (C=O) groups is 9. The van der Waals surface area contributed by atoms with Gasteiger partial charge in [-0.3, -0.25) is 38.4 Å². The van der Waals surface area contributed by atoms with E-state index in [1.807, 2.05) is 58.0 Å². The third kappa shape index (κ3) is 19.9. The van der Waals surface area contributed by atoms with Crippen LogP contribution in [0.2, 0.25) is 0 Å². The highest BCUT2D eigenvalue weighted by molar-refractivity contribution is 5.98. The zero-order chi connectivity index (χ0) is 49.0. The van der Waals surface area contributed by atoms with Crippen LogP contribution >= 0.6 is 0 Å². The summed E-state index contributed by atoms with van der Waals surface area (Å²) in [5.41, 5.74) is 18.4. The van der Waals surface area contributed by atoms with Crippen molar-refractivity contribution in [1.29, 1.82) is 0 Å². The first-order chi connectivity index (χ1) is 30.6. The number of carbonyl (C=O) groups excluding carboxylic acids is 9. The molecule has 1 aromatic rings. The van der Waals surface area contributed by atoms with Gasteiger partial charge in [0.25, 0.3) is 0 Å². The van der Waals surface area contributed by atoms with Crippen LogP contribution in [0.4, 0.5) is 0 Å². The Morgan fingerprint density at radius 2 is 1.45 bits per heavy atom. The van der Waals surface area contributed by atoms with Crippen molar-refractivity contribution in [2.75, 3.05) is 13.2 Å². The number of aliphatic hydroxyl groups excluding tert-OH is 1. The standard InChI is InChI=1S/C47H75N7O11/c1-26(2)17-32-22-38(56)29(7)51-45(62)33(41(24-42(50)59)65-47(64)36(19-28(5)6)53-44(32)61)23-40(58)37(25-55)54-43(60)31(15-11-12-16-48)21-39(57)35(18-27(3)4)52-46(63)34(49)20-30-13-9-8-10-14-30/h8-10,13-14,26-29,31-37,41,55H,11-12,15-25,48-49H2,1-7H3,(H2,50,59)(H,51,62)(H,52,63)(H,53,61)(H,54,60)/t29-,31-,32+,33?,34-,35+,36-,37-,41-/m0/s1. The van der Waals surface area contributed by atoms with Gasteiger partial charge in [0.1, 0.15) is 18.2 Å². The largest absolute Gasteiger partial charge is 0.459 e. The fourth-order valence-corrected chi connectivity index (χ4v) is 7.84. The highest BCUT2D eigenvalue weighted by Crippen LogP contribution is 2.24. The third-order valence-corrected chi connectivity index (χ3v) is 11.4. The number of hydrogen-bond donors (Lipinski definition) is 8. The fraction of sp³-hybridized carbons (Fsp3) is 0.681. The lowest BCUT2D eigenvalue weighted by molar-refractivity contribution is -0.160. The van der Waals surface area contributed by atoms with Gasteiger partial charge < -0.3 is 48.3 Å². The molecule has 1 unspecified atom stereocenters. The number of rotatable bonds is 25. The van der Waals surface area contributed by atoms with Crippen LogP contribution in [0.15, 0.2) is 30.3 Å². The van der Waals surface area contributed by atoms with Crippen molar-refractivity contribution >= 4 is 52.9 Å². The summed E-state index contributed by atoms with van der Waals surface area (Å²) in [6.45, 7) is 11.9. The Morgan fingerprint density at radius 3 is 2.02 bits per heavy atom. The molecular formula is C47H75N7O11. The van der Waals surface area contributed by atoms with Gasteiger partial charge in [-0.15, -0.1) is 0 Å². The molecule has 18 nitrogen and oxygen atoms in total. The van der Waals surface area contributed by atoms with Crippen LogP contribution < -0.4 is 38.5 Å². The molecule has 1 aromatic carbocycles. The summed E-state index contributed by atoms with van der Waals surface area (Å²) in [5, 5.41) is 21.0. The van der Waals surface area contributed by atoms with Gasteiger partial charge in [0.2, 0.25) is 29.5 Å². The fourth-order valence-electron chi connectivity index (χ4n) is 7.84. The minimum absolute atomic E-state index is 0.00377. The van der Waals surface area contributed by atoms with E-state index >= 15 is 0 Å². The van der Waals surface area contributed by atoms with E-state index in [4.69, 9.17) is 21.9 Å². The number of amides is 5. The van der Waals surface area contributed by atoms with Crippen molar-refractivity contribution in [2.45, 2.75) is 155 Å². The van der Waals surface area contributed by atoms with Gasteiger partial charge in [0, 0.05) is 31.1 Å². The van der Waals surface area contributed by atoms with Crippen molar-refractivity contribution in [1.82, 2.24) is 21.3 Å². The summed E-state index contributed by atoms with van der Waals surface area (Å²) in [6.07, 6.45) is -1.81. The van der Waals surface area contributed by atoms with Crippen molar-refractivity contribution in [3.63, 3.8) is 0 Å². The average Bonchev–Trinajstić information content (AvgIpc) is 3.22. The molecule has 1 fully saturated rings. The van der Waals surface area contributed by atoms with Crippen LogP contribution in [0.25, 0.3) is 0 Å². The summed E-state index contributed by atoms with van der Waals surface area (Å²) < 4.78 is 5.76. The van der Waals surface area contributed by atoms with E-state index in [1.165, 1.54) is 6.92 Å². The van der Waals surface area contributed by atoms with Gasteiger partial charge in [-0.25, -0.2) is 4.79 Å². The predicted molar refractivity (Wildman–Crippen MR) is 243 cm³/mol. The zero-order valence-electron chi connectivity index (χ0n) is 39.3. The number of aliphatic hydroxyl groups is 1. The number of unbranched alkanes of at least 4 members (excludes halogenated alkanes) is 1. The van der Waals surface area contributed by atoms with Crippen LogP contribution in [0, 0.1) is 35.5 Å². The van der Waals surface area contributed by atoms with Gasteiger partial charge in [0.05, 0.1) is 37.1 Å². The number of hydrogen-bond acceptors (Lipinski definition) is 13. The molecule has 1 heterocycles. The Balaban J connectivity index is 2.45. The summed E-state index contributed by atoms with van der Waals surface area (Å²) in [4.78, 5) is 123. The summed E-state index contributed by atoms with van der Waals surface area (Å²) in [7, 11) is 0. The molecule has 0 spiro atoms. The van der Waals surface area contributed by atoms with E-state index in [0.717, 1.165) is 5.56 Å². The maximum atomic E-state index is 14.1. The summed E-state index contributed by atoms with van der Waals surface area (Å²) >= 11 is 0. The second-order valence-corrected chi connectivity index (χ2v) is 18.7. The van der Waals surface area contributed by atoms with E-state index in [-0.39, 0.29) is 56.3 Å². The quantitative estimate of drug-likeness (QED) is 0.0508. The van der Waals surface area contributed by atoms with Crippen LogP contribution in [-0.2, 0) is 54.3 Å². The van der Waals surface area contributed by atoms with E-state index in [2.05, 4.69) is 21.3 Å². The SMILES string of the molecule is CC(C)C[C@@H]1CC(=O)[C@H](C)NC(=O)C(CC(=O)[C@H](CO)NC(=O)[C@@H](CCCCN)CC(=O)[C@@H](CC(C)C)NC(=O)[C@@H](N)Cc2ccccc2)[C@H](CC(N)=O)OC(=O)[C@H](CC(C)C)NC1=O. The Labute approximate surface area is 383 Å². The third-order valence-electron chi connectivity index (χ3n) is 11.4. The van der Waals surface area contributed by atoms with Gasteiger partial charge in [-0.05, 0) is 75.3 Å². The van der Waals surface area contributed by atoms with Crippen molar-refractivity contribution in [2.24, 2.45) is 52.7 Å². The number of nitrogens with two attached hydrogens (primary N) is 3. The highest BCUT2D eigenvalue weighted by atomic mass is 16.5. The number of ether oxygens (including phenoxy) is 1. The second kappa shape index (κ2) is 28.1. The molecule has 364 valence electrons. The normalized spacial score (nSPS) is 21.7. The van der Waals surface area contributed by atoms with E-state index in [0.29, 0.717) is 25.8 Å². The first kappa shape index (κ1) is 56.1. The van der Waals surface area contributed by atoms with Crippen LogP contribution in [0.1, 0.15) is 118 Å². The number of benzene rings is 1. The maximum Gasteiger partial charge on any atom is 0.328 e. The lowest BCUT2D eigenvalue weighted by atomic mass is 9.88. The maximum absolute atomic E-state index is 14.1. The van der Waals surface area contributed by atoms with Crippen molar-refractivity contribution in [3.05, 3.63) is 35.9 Å². The molecule has 0 aliphatic carbocycles. The molecular weight excluding hydrogens is 839 g/mol. The van der Waals surface area contributed by atoms with E-state index < -0.39 is 126 Å². The van der Waals surface area contributed by atoms with Crippen LogP contribution in [0.5, 0.6) is 0 Å². The molecule has 1 aliphatic rings. The molecule has 1 saturated heterocycles. The van der Waals surface area contributed by atoms with Gasteiger partial charge >= 0.3 is 5.97 Å². The first-order valence-electron chi connectivity index (χ1n) is 22.9. The average molecular weight is 914 g/mol. The summed E-state index contributed by atoms with van der Waals surface area (Å²) in [6, 6.07) is 3.16. The molecule has 18 heteroatoms. The molecule has 65 heavy (non-hydrogen) atoms. The predicted octanol–water partition coefficient (Wildman–Crippen LogP) is 1.30. The molecule has 0 radical (unpaired) electrons. The Bertz CT molecular complexity index is 1770. The summed E-state index contributed by atoms with van der Waals surface area (Å²) in [5.74, 6) is -10.3. The number of nitrogens with one attached hydrogen (secondary N) is 4. The topological polar surface area (TPSA) is 309 Å². The van der Waals surface area contributed by atoms with Crippen molar-refractivity contribution in [3.8, 4) is 0 Å². The number of Topliss-reactive ketones (excluding diaryl/α,β-unsaturated/α-hetero) is 3. The van der Waals surface area contributed by atoms with Crippen LogP contribution in [-0.4, -0.2) is 107 Å². The van der Waals surface area contributed by atoms with E-state index in [1.54, 1.807) is 13.8 Å². The lowest BCUT2D eigenvalue weighted by Crippen LogP contribution is -2.52. The van der Waals surface area contributed by atoms with Gasteiger partial charge in [-0.1, -0.05) is 78.3 Å². The molecule has 0 bridgehead atoms. The zero-order valence-corrected chi connectivity index (χ0v) is 39.3. The molecule has 11 N–H and O–H groups in total. The second-order valence-electron chi connectivity index (χ2n) is 18.7. The van der Waals surface area contributed by atoms with Gasteiger partial charge in [-0.2, -0.15) is 0 Å². The minimum Gasteiger partial charge on any atom is -0.459 e. The van der Waals surface area contributed by atoms with Gasteiger partial charge in [0.15, 0.2) is 17.3 Å². The molecule has 1 aliphatic heterocycles. The number of esters is 1.